The summed E-state index contributed by atoms with van der Waals surface area (Å²) in [5, 5.41) is 10.2. The zero-order valence-corrected chi connectivity index (χ0v) is 13.1. The van der Waals surface area contributed by atoms with E-state index in [9.17, 15) is 9.50 Å². The minimum Gasteiger partial charge on any atom is -0.388 e. The molecule has 0 saturated heterocycles. The second kappa shape index (κ2) is 9.84. The number of aliphatic hydroxyl groups is 1. The maximum absolute atomic E-state index is 13.2. The monoisotopic (exact) mass is 299 g/mol. The molecule has 0 bridgehead atoms. The molecule has 21 heavy (non-hydrogen) atoms. The summed E-state index contributed by atoms with van der Waals surface area (Å²) < 4.78 is 23.5. The van der Waals surface area contributed by atoms with Crippen LogP contribution in [0, 0.1) is 5.82 Å². The van der Waals surface area contributed by atoms with Gasteiger partial charge in [0.25, 0.3) is 0 Å². The molecule has 0 aliphatic heterocycles. The van der Waals surface area contributed by atoms with E-state index in [0.29, 0.717) is 31.7 Å². The first-order valence-corrected chi connectivity index (χ1v) is 7.24. The van der Waals surface area contributed by atoms with Gasteiger partial charge in [0.1, 0.15) is 5.82 Å². The lowest BCUT2D eigenvalue weighted by Crippen LogP contribution is -2.39. The van der Waals surface area contributed by atoms with Gasteiger partial charge in [0, 0.05) is 33.4 Å². The Kier molecular flexibility index (Phi) is 8.45. The van der Waals surface area contributed by atoms with E-state index in [1.807, 2.05) is 0 Å². The highest BCUT2D eigenvalue weighted by molar-refractivity contribution is 5.18. The zero-order chi connectivity index (χ0) is 15.7. The molecule has 0 aliphatic rings. The molecule has 0 fully saturated rings. The topological polar surface area (TPSA) is 41.9 Å². The summed E-state index contributed by atoms with van der Waals surface area (Å²) in [6, 6.07) is 6.35. The molecule has 2 unspecified atom stereocenters. The molecule has 0 saturated carbocycles. The highest BCUT2D eigenvalue weighted by Crippen LogP contribution is 2.18. The van der Waals surface area contributed by atoms with Gasteiger partial charge in [0.15, 0.2) is 0 Å². The molecule has 5 heteroatoms. The van der Waals surface area contributed by atoms with Crippen LogP contribution in [0.5, 0.6) is 0 Å². The summed E-state index contributed by atoms with van der Waals surface area (Å²) in [4.78, 5) is 2.20. The van der Waals surface area contributed by atoms with Gasteiger partial charge >= 0.3 is 0 Å². The Bertz CT molecular complexity index is 403. The van der Waals surface area contributed by atoms with Crippen molar-refractivity contribution in [2.45, 2.75) is 25.5 Å². The second-order valence-electron chi connectivity index (χ2n) is 5.19. The van der Waals surface area contributed by atoms with Gasteiger partial charge in [-0.2, -0.15) is 0 Å². The van der Waals surface area contributed by atoms with Gasteiger partial charge in [-0.3, -0.25) is 4.90 Å². The summed E-state index contributed by atoms with van der Waals surface area (Å²) in [6.45, 7) is 4.81. The fraction of sp³-hybridized carbons (Fsp3) is 0.625. The van der Waals surface area contributed by atoms with Crippen LogP contribution in [0.1, 0.15) is 25.0 Å². The summed E-state index contributed by atoms with van der Waals surface area (Å²) in [5.74, 6) is -0.324. The molecule has 2 atom stereocenters. The number of hydrogen-bond donors (Lipinski definition) is 1. The number of ether oxygens (including phenoxy) is 2. The minimum atomic E-state index is -0.666. The number of methoxy groups -OCH3 is 2. The van der Waals surface area contributed by atoms with Gasteiger partial charge < -0.3 is 14.6 Å². The molecular formula is C16H26FNO3. The number of hydrogen-bond acceptors (Lipinski definition) is 4. The normalized spacial score (nSPS) is 14.4. The molecule has 0 amide bonds. The first kappa shape index (κ1) is 18.0. The van der Waals surface area contributed by atoms with Crippen LogP contribution in [-0.4, -0.2) is 56.6 Å². The smallest absolute Gasteiger partial charge is 0.123 e. The molecule has 0 radical (unpaired) electrons. The third kappa shape index (κ3) is 6.52. The lowest BCUT2D eigenvalue weighted by atomic mass is 10.1. The van der Waals surface area contributed by atoms with E-state index in [0.717, 1.165) is 6.54 Å². The summed E-state index contributed by atoms with van der Waals surface area (Å²) in [7, 11) is 3.34. The quantitative estimate of drug-likeness (QED) is 0.719. The third-order valence-electron chi connectivity index (χ3n) is 3.54. The Hall–Kier alpha value is -1.01. The van der Waals surface area contributed by atoms with Crippen LogP contribution in [0.25, 0.3) is 0 Å². The average Bonchev–Trinajstić information content (AvgIpc) is 2.47. The molecular weight excluding hydrogens is 273 g/mol. The Morgan fingerprint density at radius 2 is 2.00 bits per heavy atom. The van der Waals surface area contributed by atoms with Gasteiger partial charge in [0.2, 0.25) is 0 Å². The van der Waals surface area contributed by atoms with E-state index >= 15 is 0 Å². The van der Waals surface area contributed by atoms with Crippen LogP contribution >= 0.6 is 0 Å². The maximum Gasteiger partial charge on any atom is 0.123 e. The van der Waals surface area contributed by atoms with Crippen molar-refractivity contribution in [2.24, 2.45) is 0 Å². The van der Waals surface area contributed by atoms with Gasteiger partial charge in [-0.25, -0.2) is 4.39 Å². The SMILES string of the molecule is COCCN(CCC(O)c1cccc(F)c1)C(C)COC. The van der Waals surface area contributed by atoms with Gasteiger partial charge in [-0.15, -0.1) is 0 Å². The molecule has 1 aromatic rings. The second-order valence-corrected chi connectivity index (χ2v) is 5.19. The largest absolute Gasteiger partial charge is 0.388 e. The molecule has 0 aliphatic carbocycles. The summed E-state index contributed by atoms with van der Waals surface area (Å²) >= 11 is 0. The van der Waals surface area contributed by atoms with Crippen molar-refractivity contribution in [2.75, 3.05) is 40.5 Å². The van der Waals surface area contributed by atoms with Crippen molar-refractivity contribution >= 4 is 0 Å². The van der Waals surface area contributed by atoms with Crippen molar-refractivity contribution < 1.29 is 19.0 Å². The summed E-state index contributed by atoms with van der Waals surface area (Å²) in [5.41, 5.74) is 0.612. The number of aliphatic hydroxyl groups excluding tert-OH is 1. The lowest BCUT2D eigenvalue weighted by Gasteiger charge is -2.29. The van der Waals surface area contributed by atoms with Gasteiger partial charge in [0.05, 0.1) is 19.3 Å². The number of rotatable bonds is 10. The lowest BCUT2D eigenvalue weighted by molar-refractivity contribution is 0.0612. The maximum atomic E-state index is 13.2. The van der Waals surface area contributed by atoms with E-state index in [-0.39, 0.29) is 11.9 Å². The number of nitrogens with zero attached hydrogens (tertiary/aromatic N) is 1. The third-order valence-corrected chi connectivity index (χ3v) is 3.54. The number of halogens is 1. The van der Waals surface area contributed by atoms with Crippen LogP contribution in [-0.2, 0) is 9.47 Å². The van der Waals surface area contributed by atoms with Crippen molar-refractivity contribution in [1.82, 2.24) is 4.90 Å². The fourth-order valence-corrected chi connectivity index (χ4v) is 2.28. The molecule has 1 N–H and O–H groups in total. The molecule has 1 rings (SSSR count). The van der Waals surface area contributed by atoms with Crippen molar-refractivity contribution in [3.63, 3.8) is 0 Å². The number of benzene rings is 1. The first-order valence-electron chi connectivity index (χ1n) is 7.24. The molecule has 0 aromatic heterocycles. The standard InChI is InChI=1S/C16H26FNO3/c1-13(12-21-3)18(9-10-20-2)8-7-16(19)14-5-4-6-15(17)11-14/h4-6,11,13,16,19H,7-10,12H2,1-3H3. The van der Waals surface area contributed by atoms with Gasteiger partial charge in [-0.05, 0) is 31.0 Å². The predicted molar refractivity (Wildman–Crippen MR) is 80.8 cm³/mol. The van der Waals surface area contributed by atoms with Crippen LogP contribution in [0.15, 0.2) is 24.3 Å². The highest BCUT2D eigenvalue weighted by atomic mass is 19.1. The van der Waals surface area contributed by atoms with E-state index in [1.165, 1.54) is 12.1 Å². The average molecular weight is 299 g/mol. The van der Waals surface area contributed by atoms with E-state index in [4.69, 9.17) is 9.47 Å². The highest BCUT2D eigenvalue weighted by Gasteiger charge is 2.16. The van der Waals surface area contributed by atoms with Crippen molar-refractivity contribution in [3.8, 4) is 0 Å². The molecule has 120 valence electrons. The Labute approximate surface area is 126 Å². The van der Waals surface area contributed by atoms with E-state index in [1.54, 1.807) is 26.4 Å². The van der Waals surface area contributed by atoms with Crippen LogP contribution in [0.2, 0.25) is 0 Å². The Morgan fingerprint density at radius 1 is 1.24 bits per heavy atom. The van der Waals surface area contributed by atoms with Crippen LogP contribution in [0.3, 0.4) is 0 Å². The van der Waals surface area contributed by atoms with E-state index < -0.39 is 6.10 Å². The summed E-state index contributed by atoms with van der Waals surface area (Å²) in [6.07, 6.45) is -0.123. The Morgan fingerprint density at radius 3 is 2.62 bits per heavy atom. The van der Waals surface area contributed by atoms with Crippen molar-refractivity contribution in [1.29, 1.82) is 0 Å². The van der Waals surface area contributed by atoms with Crippen molar-refractivity contribution in [3.05, 3.63) is 35.6 Å². The zero-order valence-electron chi connectivity index (χ0n) is 13.1. The predicted octanol–water partition coefficient (Wildman–Crippen LogP) is 2.23. The Balaban J connectivity index is 2.54. The fourth-order valence-electron chi connectivity index (χ4n) is 2.28. The minimum absolute atomic E-state index is 0.241. The molecule has 0 heterocycles. The first-order chi connectivity index (χ1) is 10.1. The molecule has 1 aromatic carbocycles. The molecule has 0 spiro atoms. The molecule has 4 nitrogen and oxygen atoms in total. The van der Waals surface area contributed by atoms with Gasteiger partial charge in [-0.1, -0.05) is 12.1 Å². The van der Waals surface area contributed by atoms with E-state index in [2.05, 4.69) is 11.8 Å². The van der Waals surface area contributed by atoms with Crippen LogP contribution < -0.4 is 0 Å². The van der Waals surface area contributed by atoms with Crippen LogP contribution in [0.4, 0.5) is 4.39 Å².